The van der Waals surface area contributed by atoms with Crippen LogP contribution in [0.5, 0.6) is 0 Å². The summed E-state index contributed by atoms with van der Waals surface area (Å²) in [6, 6.07) is 3.96. The van der Waals surface area contributed by atoms with Gasteiger partial charge in [0.15, 0.2) is 0 Å². The van der Waals surface area contributed by atoms with E-state index in [4.69, 9.17) is 9.47 Å². The third kappa shape index (κ3) is 4.90. The Bertz CT molecular complexity index is 502. The lowest BCUT2D eigenvalue weighted by molar-refractivity contribution is 0.00212. The first-order valence-electron chi connectivity index (χ1n) is 8.63. The van der Waals surface area contributed by atoms with E-state index in [9.17, 15) is 4.79 Å². The van der Waals surface area contributed by atoms with Crippen molar-refractivity contribution in [3.05, 3.63) is 30.1 Å². The van der Waals surface area contributed by atoms with E-state index in [1.54, 1.807) is 12.4 Å². The molecule has 24 heavy (non-hydrogen) atoms. The van der Waals surface area contributed by atoms with E-state index in [2.05, 4.69) is 20.5 Å². The number of amides is 2. The molecule has 0 radical (unpaired) electrons. The van der Waals surface area contributed by atoms with Crippen molar-refractivity contribution in [3.8, 4) is 0 Å². The summed E-state index contributed by atoms with van der Waals surface area (Å²) in [4.78, 5) is 18.5. The number of carbonyl (C=O) groups excluding carboxylic acids is 1. The van der Waals surface area contributed by atoms with Crippen molar-refractivity contribution in [1.82, 2.24) is 20.5 Å². The highest BCUT2D eigenvalue weighted by atomic mass is 16.5. The predicted molar refractivity (Wildman–Crippen MR) is 89.6 cm³/mol. The maximum atomic E-state index is 12.1. The number of pyridine rings is 1. The van der Waals surface area contributed by atoms with Gasteiger partial charge >= 0.3 is 6.03 Å². The van der Waals surface area contributed by atoms with Gasteiger partial charge in [0.2, 0.25) is 0 Å². The van der Waals surface area contributed by atoms with Crippen LogP contribution in [0.3, 0.4) is 0 Å². The van der Waals surface area contributed by atoms with Crippen molar-refractivity contribution in [1.29, 1.82) is 0 Å². The Balaban J connectivity index is 1.47. The van der Waals surface area contributed by atoms with Crippen LogP contribution in [0.15, 0.2) is 24.5 Å². The zero-order valence-electron chi connectivity index (χ0n) is 13.9. The first-order valence-corrected chi connectivity index (χ1v) is 8.63. The molecule has 2 N–H and O–H groups in total. The topological polar surface area (TPSA) is 75.7 Å². The molecule has 2 aliphatic rings. The summed E-state index contributed by atoms with van der Waals surface area (Å²) in [7, 11) is 0. The zero-order chi connectivity index (χ0) is 16.6. The fraction of sp³-hybridized carbons (Fsp3) is 0.647. The molecule has 7 nitrogen and oxygen atoms in total. The molecule has 2 fully saturated rings. The van der Waals surface area contributed by atoms with Gasteiger partial charge in [-0.3, -0.25) is 9.88 Å². The summed E-state index contributed by atoms with van der Waals surface area (Å²) >= 11 is 0. The van der Waals surface area contributed by atoms with Gasteiger partial charge in [-0.15, -0.1) is 0 Å². The molecule has 2 saturated heterocycles. The number of carbonyl (C=O) groups is 1. The van der Waals surface area contributed by atoms with Gasteiger partial charge in [-0.1, -0.05) is 0 Å². The second kappa shape index (κ2) is 8.96. The number of aromatic nitrogens is 1. The van der Waals surface area contributed by atoms with Crippen LogP contribution in [0.25, 0.3) is 0 Å². The second-order valence-corrected chi connectivity index (χ2v) is 6.26. The fourth-order valence-electron chi connectivity index (χ4n) is 3.30. The van der Waals surface area contributed by atoms with Crippen LogP contribution in [-0.4, -0.2) is 68.0 Å². The smallest absolute Gasteiger partial charge is 0.315 e. The summed E-state index contributed by atoms with van der Waals surface area (Å²) in [6.07, 6.45) is 4.51. The second-order valence-electron chi connectivity index (χ2n) is 6.26. The third-order valence-corrected chi connectivity index (χ3v) is 4.70. The van der Waals surface area contributed by atoms with E-state index in [1.807, 2.05) is 12.1 Å². The molecule has 3 rings (SSSR count). The molecule has 2 amide bonds. The number of ether oxygens (including phenoxy) is 2. The molecule has 2 atom stereocenters. The Morgan fingerprint density at radius 2 is 2.00 bits per heavy atom. The van der Waals surface area contributed by atoms with Crippen LogP contribution in [0, 0.1) is 5.92 Å². The summed E-state index contributed by atoms with van der Waals surface area (Å²) in [5, 5.41) is 5.92. The SMILES string of the molecule is O=C(NCc1ccncc1)NCC(C1CCOC1)N1CCOCC1. The summed E-state index contributed by atoms with van der Waals surface area (Å²) in [6.45, 7) is 6.10. The number of rotatable bonds is 6. The number of hydrogen-bond donors (Lipinski definition) is 2. The molecule has 0 spiro atoms. The minimum absolute atomic E-state index is 0.135. The Kier molecular flexibility index (Phi) is 6.40. The van der Waals surface area contributed by atoms with Gasteiger partial charge in [-0.05, 0) is 24.1 Å². The maximum Gasteiger partial charge on any atom is 0.315 e. The van der Waals surface area contributed by atoms with E-state index >= 15 is 0 Å². The quantitative estimate of drug-likeness (QED) is 0.798. The Hall–Kier alpha value is -1.70. The third-order valence-electron chi connectivity index (χ3n) is 4.70. The summed E-state index contributed by atoms with van der Waals surface area (Å²) in [5.74, 6) is 0.476. The van der Waals surface area contributed by atoms with Crippen molar-refractivity contribution in [2.24, 2.45) is 5.92 Å². The Labute approximate surface area is 142 Å². The fourth-order valence-corrected chi connectivity index (χ4v) is 3.30. The van der Waals surface area contributed by atoms with E-state index in [1.165, 1.54) is 0 Å². The van der Waals surface area contributed by atoms with E-state index in [-0.39, 0.29) is 6.03 Å². The largest absolute Gasteiger partial charge is 0.381 e. The molecule has 0 saturated carbocycles. The number of nitrogens with one attached hydrogen (secondary N) is 2. The predicted octanol–water partition coefficient (Wildman–Crippen LogP) is 0.618. The van der Waals surface area contributed by atoms with Gasteiger partial charge in [0.05, 0.1) is 19.8 Å². The molecule has 132 valence electrons. The minimum atomic E-state index is -0.135. The lowest BCUT2D eigenvalue weighted by atomic mass is 9.97. The normalized spacial score (nSPS) is 22.9. The lowest BCUT2D eigenvalue weighted by Crippen LogP contribution is -2.53. The Morgan fingerprint density at radius 3 is 2.71 bits per heavy atom. The highest BCUT2D eigenvalue weighted by Crippen LogP contribution is 2.21. The van der Waals surface area contributed by atoms with Gasteiger partial charge in [0, 0.05) is 57.1 Å². The van der Waals surface area contributed by atoms with Gasteiger partial charge in [-0.2, -0.15) is 0 Å². The Morgan fingerprint density at radius 1 is 1.21 bits per heavy atom. The van der Waals surface area contributed by atoms with Crippen LogP contribution in [-0.2, 0) is 16.0 Å². The van der Waals surface area contributed by atoms with Crippen LogP contribution < -0.4 is 10.6 Å². The highest BCUT2D eigenvalue weighted by Gasteiger charge is 2.31. The summed E-state index contributed by atoms with van der Waals surface area (Å²) < 4.78 is 11.0. The van der Waals surface area contributed by atoms with E-state index in [0.29, 0.717) is 25.0 Å². The minimum Gasteiger partial charge on any atom is -0.381 e. The van der Waals surface area contributed by atoms with Crippen LogP contribution in [0.2, 0.25) is 0 Å². The van der Waals surface area contributed by atoms with Gasteiger partial charge in [0.25, 0.3) is 0 Å². The molecule has 0 aliphatic carbocycles. The van der Waals surface area contributed by atoms with Crippen molar-refractivity contribution in [2.75, 3.05) is 46.1 Å². The lowest BCUT2D eigenvalue weighted by Gasteiger charge is -2.37. The molecule has 1 aromatic heterocycles. The first kappa shape index (κ1) is 17.1. The molecule has 1 aromatic rings. The van der Waals surface area contributed by atoms with Gasteiger partial charge in [-0.25, -0.2) is 4.79 Å². The van der Waals surface area contributed by atoms with Gasteiger partial charge in [0.1, 0.15) is 0 Å². The van der Waals surface area contributed by atoms with Crippen molar-refractivity contribution >= 4 is 6.03 Å². The number of morpholine rings is 1. The summed E-state index contributed by atoms with van der Waals surface area (Å²) in [5.41, 5.74) is 1.04. The average Bonchev–Trinajstić information content (AvgIpc) is 3.16. The number of nitrogens with zero attached hydrogens (tertiary/aromatic N) is 2. The molecule has 3 heterocycles. The van der Waals surface area contributed by atoms with Crippen molar-refractivity contribution in [3.63, 3.8) is 0 Å². The molecule has 2 aliphatic heterocycles. The molecule has 0 aromatic carbocycles. The van der Waals surface area contributed by atoms with Crippen molar-refractivity contribution in [2.45, 2.75) is 19.0 Å². The zero-order valence-corrected chi connectivity index (χ0v) is 13.9. The monoisotopic (exact) mass is 334 g/mol. The maximum absolute atomic E-state index is 12.1. The van der Waals surface area contributed by atoms with Crippen LogP contribution >= 0.6 is 0 Å². The van der Waals surface area contributed by atoms with Crippen LogP contribution in [0.1, 0.15) is 12.0 Å². The molecule has 0 bridgehead atoms. The number of hydrogen-bond acceptors (Lipinski definition) is 5. The highest BCUT2D eigenvalue weighted by molar-refractivity contribution is 5.73. The van der Waals surface area contributed by atoms with Crippen LogP contribution in [0.4, 0.5) is 4.79 Å². The van der Waals surface area contributed by atoms with Gasteiger partial charge < -0.3 is 20.1 Å². The molecular weight excluding hydrogens is 308 g/mol. The molecule has 7 heteroatoms. The van der Waals surface area contributed by atoms with E-state index < -0.39 is 0 Å². The van der Waals surface area contributed by atoms with Crippen molar-refractivity contribution < 1.29 is 14.3 Å². The first-order chi connectivity index (χ1) is 11.8. The standard InChI is InChI=1S/C17H26N4O3/c22-17(19-11-14-1-4-18-5-2-14)20-12-16(15-3-8-24-13-15)21-6-9-23-10-7-21/h1-2,4-5,15-16H,3,6-13H2,(H2,19,20,22). The molecular formula is C17H26N4O3. The molecule has 2 unspecified atom stereocenters. The average molecular weight is 334 g/mol. The van der Waals surface area contributed by atoms with E-state index in [0.717, 1.165) is 51.5 Å². The number of urea groups is 1.